The van der Waals surface area contributed by atoms with Crippen LogP contribution in [0.5, 0.6) is 0 Å². The molecule has 2 saturated heterocycles. The molecule has 34 nitrogen and oxygen atoms in total. The largest absolute Gasteiger partial charge is 0.481 e. The molecule has 101 heavy (non-hydrogen) atoms. The summed E-state index contributed by atoms with van der Waals surface area (Å²) in [5.74, 6) is -11.5. The Morgan fingerprint density at radius 3 is 1.71 bits per heavy atom. The first-order valence-electron chi connectivity index (χ1n) is 33.8. The van der Waals surface area contributed by atoms with Crippen LogP contribution >= 0.6 is 33.3 Å². The Bertz CT molecular complexity index is 2930. The van der Waals surface area contributed by atoms with E-state index < -0.39 is 125 Å². The van der Waals surface area contributed by atoms with Crippen molar-refractivity contribution in [3.05, 3.63) is 35.9 Å². The van der Waals surface area contributed by atoms with Crippen molar-refractivity contribution in [1.29, 1.82) is 5.41 Å². The minimum Gasteiger partial charge on any atom is -0.481 e. The van der Waals surface area contributed by atoms with E-state index in [2.05, 4.69) is 84.7 Å². The Balaban J connectivity index is 1.91. The topological polar surface area (TPSA) is 518 Å². The van der Waals surface area contributed by atoms with Crippen molar-refractivity contribution < 1.29 is 77.8 Å². The highest BCUT2D eigenvalue weighted by atomic mass is 33.1. The Morgan fingerprint density at radius 2 is 1.14 bits per heavy atom. The molecule has 0 spiro atoms. The second kappa shape index (κ2) is 47.2. The van der Waals surface area contributed by atoms with Crippen molar-refractivity contribution in [3.63, 3.8) is 0 Å². The summed E-state index contributed by atoms with van der Waals surface area (Å²) in [7, 11) is 1.85. The van der Waals surface area contributed by atoms with E-state index in [4.69, 9.17) is 15.9 Å². The Kier molecular flexibility index (Phi) is 40.8. The van der Waals surface area contributed by atoms with Gasteiger partial charge in [0.15, 0.2) is 5.96 Å². The minimum absolute atomic E-state index is 0.0290. The number of thioether (sulfide) groups is 1. The van der Waals surface area contributed by atoms with Gasteiger partial charge in [-0.1, -0.05) is 62.2 Å². The number of nitrogens with two attached hydrogens (primary N) is 1. The number of nitrogens with one attached hydrogen (secondary N) is 15. The molecule has 0 radical (unpaired) electrons. The number of nitrogens with zero attached hydrogens (tertiary/aromatic N) is 2. The zero-order valence-electron chi connectivity index (χ0n) is 58.7. The molecule has 11 amide bonds. The number of fused-ring (bicyclic) bond motifs is 5. The minimum atomic E-state index is -1.81. The van der Waals surface area contributed by atoms with Gasteiger partial charge in [0, 0.05) is 69.3 Å². The summed E-state index contributed by atoms with van der Waals surface area (Å²) >= 11 is 0.923. The molecule has 2 aliphatic heterocycles. The van der Waals surface area contributed by atoms with E-state index in [0.29, 0.717) is 56.1 Å². The van der Waals surface area contributed by atoms with Gasteiger partial charge in [-0.15, -0.1) is 11.8 Å². The Hall–Kier alpha value is -8.00. The zero-order chi connectivity index (χ0) is 74.9. The van der Waals surface area contributed by atoms with Crippen LogP contribution in [0.15, 0.2) is 40.6 Å². The highest BCUT2D eigenvalue weighted by Crippen LogP contribution is 2.24. The van der Waals surface area contributed by atoms with E-state index in [0.717, 1.165) is 46.2 Å². The molecule has 2 aliphatic rings. The second-order valence-electron chi connectivity index (χ2n) is 25.4. The van der Waals surface area contributed by atoms with E-state index in [1.54, 1.807) is 51.1 Å². The third kappa shape index (κ3) is 35.4. The van der Waals surface area contributed by atoms with Gasteiger partial charge in [-0.2, -0.15) is 0 Å². The molecule has 7 atom stereocenters. The van der Waals surface area contributed by atoms with Crippen molar-refractivity contribution in [2.24, 2.45) is 22.0 Å². The van der Waals surface area contributed by atoms with Crippen LogP contribution in [0.3, 0.4) is 0 Å². The number of benzene rings is 1. The first kappa shape index (κ1) is 87.2. The van der Waals surface area contributed by atoms with E-state index in [1.807, 2.05) is 27.7 Å². The van der Waals surface area contributed by atoms with Gasteiger partial charge in [0.1, 0.15) is 42.3 Å². The molecular formula is C64H106N18O16S3. The lowest BCUT2D eigenvalue weighted by Gasteiger charge is -2.28. The number of carboxylic acids is 1. The normalized spacial score (nSPS) is 20.9. The van der Waals surface area contributed by atoms with E-state index in [1.165, 1.54) is 0 Å². The van der Waals surface area contributed by atoms with Gasteiger partial charge in [-0.3, -0.25) is 62.9 Å². The molecule has 0 aromatic heterocycles. The smallest absolute Gasteiger partial charge is 0.305 e. The summed E-state index contributed by atoms with van der Waals surface area (Å²) in [6.07, 6.45) is 1.87. The molecule has 566 valence electrons. The van der Waals surface area contributed by atoms with Crippen LogP contribution in [0.25, 0.3) is 0 Å². The molecule has 0 aliphatic carbocycles. The molecule has 1 aromatic carbocycles. The standard InChI is InChI=1S/C64H106N18O16S3/c1-8-98-31-30-69-56(90)47-35-99-38-53(86)74-44(18-12-13-25-67-50(83)20-14-21-51(84)68-27-22-41(23-28-72-63(4,5)39(2)81-96)24-29-73-64(6,7)40(3)82-97)57(91)79-48-36-100-101-37-49(61(95)77-45(58(92)78-47)32-42-16-10-9-11-17-42)80-59(93)46(33-54(87)88)75-52(85)34-71-55(89)43(76-60(48)94)19-15-26-70-62(65)66/h9-11,16-17,41,43-49,72-73,96-97H,8,12-15,18-38H2,1-7H3,(H,67,83)(H,68,84)(H,69,90)(H,71,89)(H,74,86)(H,75,85)(H,76,94)(H,77,95)(H,78,92)(H,79,91)(H,80,93)(H,87,88)(H4,65,66,70)/b81-39-,82-40-/t43-,44-,45-,46-,47-,48-,49-/m0/s1. The average Bonchev–Trinajstić information content (AvgIpc) is 0.907. The highest BCUT2D eigenvalue weighted by Gasteiger charge is 2.36. The first-order chi connectivity index (χ1) is 48.0. The van der Waals surface area contributed by atoms with Gasteiger partial charge in [0.05, 0.1) is 47.8 Å². The van der Waals surface area contributed by atoms with Crippen molar-refractivity contribution in [2.45, 2.75) is 185 Å². The number of rotatable bonds is 35. The van der Waals surface area contributed by atoms with Crippen LogP contribution in [0.1, 0.15) is 131 Å². The number of carboxylic acid groups (broad SMARTS) is 1. The van der Waals surface area contributed by atoms with Gasteiger partial charge in [0.2, 0.25) is 65.0 Å². The molecule has 0 unspecified atom stereocenters. The van der Waals surface area contributed by atoms with Gasteiger partial charge < -0.3 is 100 Å². The summed E-state index contributed by atoms with van der Waals surface area (Å²) in [6, 6.07) is -1.93. The zero-order valence-corrected chi connectivity index (χ0v) is 61.2. The molecule has 2 heterocycles. The number of hydrogen-bond acceptors (Lipinski definition) is 23. The van der Waals surface area contributed by atoms with E-state index >= 15 is 0 Å². The predicted octanol–water partition coefficient (Wildman–Crippen LogP) is -1.43. The first-order valence-corrected chi connectivity index (χ1v) is 37.4. The van der Waals surface area contributed by atoms with Crippen molar-refractivity contribution in [1.82, 2.24) is 74.4 Å². The van der Waals surface area contributed by atoms with Crippen LogP contribution in [0.2, 0.25) is 0 Å². The van der Waals surface area contributed by atoms with Gasteiger partial charge in [-0.05, 0) is 131 Å². The summed E-state index contributed by atoms with van der Waals surface area (Å²) in [5, 5.41) is 81.3. The molecular weight excluding hydrogens is 1370 g/mol. The molecule has 37 heteroatoms. The number of unbranched alkanes of at least 4 members (excludes halogenated alkanes) is 1. The fourth-order valence-electron chi connectivity index (χ4n) is 10.0. The van der Waals surface area contributed by atoms with Crippen LogP contribution in [0, 0.1) is 11.3 Å². The fraction of sp³-hybridized carbons (Fsp3) is 0.672. The predicted molar refractivity (Wildman–Crippen MR) is 385 cm³/mol. The molecule has 1 aromatic rings. The SMILES string of the molecule is CCOCCNC(=O)[C@@H]1CSCC(=O)N[C@@H](CCCCNC(=O)CCCC(=O)NCCC(CCNC(C)(C)/C(C)=N\O)CCNC(C)(C)/C(C)=N\O)C(=O)N[C@H]2CSSC[C@H](NC(=O)[C@H](CC(=O)O)NC(=O)CNC(=O)[C@H](CCCNC(=N)N)NC2=O)C(=O)N[C@@H](Cc2ccccc2)C(=O)N1. The molecule has 20 N–H and O–H groups in total. The monoisotopic (exact) mass is 1480 g/mol. The van der Waals surface area contributed by atoms with Crippen molar-refractivity contribution >= 4 is 122 Å². The van der Waals surface area contributed by atoms with Crippen molar-refractivity contribution in [2.75, 3.05) is 82.0 Å². The number of amides is 11. The van der Waals surface area contributed by atoms with Gasteiger partial charge in [-0.25, -0.2) is 0 Å². The summed E-state index contributed by atoms with van der Waals surface area (Å²) in [4.78, 5) is 166. The van der Waals surface area contributed by atoms with Crippen molar-refractivity contribution in [3.8, 4) is 0 Å². The number of carbonyl (C=O) groups is 12. The Morgan fingerprint density at radius 1 is 0.614 bits per heavy atom. The maximum atomic E-state index is 14.6. The van der Waals surface area contributed by atoms with Crippen LogP contribution in [-0.2, 0) is 68.7 Å². The lowest BCUT2D eigenvalue weighted by molar-refractivity contribution is -0.141. The van der Waals surface area contributed by atoms with Gasteiger partial charge >= 0.3 is 5.97 Å². The number of aliphatic carboxylic acids is 1. The van der Waals surface area contributed by atoms with E-state index in [9.17, 15) is 73.1 Å². The fourth-order valence-corrected chi connectivity index (χ4v) is 13.2. The maximum Gasteiger partial charge on any atom is 0.305 e. The number of hydrogen-bond donors (Lipinski definition) is 19. The molecule has 2 fully saturated rings. The second-order valence-corrected chi connectivity index (χ2v) is 28.9. The van der Waals surface area contributed by atoms with Gasteiger partial charge in [0.25, 0.3) is 0 Å². The molecule has 3 rings (SSSR count). The average molecular weight is 1480 g/mol. The third-order valence-corrected chi connectivity index (χ3v) is 20.1. The lowest BCUT2D eigenvalue weighted by atomic mass is 9.94. The van der Waals surface area contributed by atoms with Crippen LogP contribution in [-0.4, -0.2) is 239 Å². The highest BCUT2D eigenvalue weighted by molar-refractivity contribution is 8.76. The number of oxime groups is 2. The van der Waals surface area contributed by atoms with E-state index in [-0.39, 0.29) is 124 Å². The Labute approximate surface area is 601 Å². The number of ether oxygens (including phenoxy) is 1. The lowest BCUT2D eigenvalue weighted by Crippen LogP contribution is -2.60. The number of guanidine groups is 1. The molecule has 0 saturated carbocycles. The van der Waals surface area contributed by atoms with Crippen LogP contribution < -0.4 is 80.2 Å². The maximum absolute atomic E-state index is 14.6. The summed E-state index contributed by atoms with van der Waals surface area (Å²) < 4.78 is 5.39. The summed E-state index contributed by atoms with van der Waals surface area (Å²) in [6.45, 7) is 14.4. The third-order valence-electron chi connectivity index (χ3n) is 16.6. The summed E-state index contributed by atoms with van der Waals surface area (Å²) in [5.41, 5.74) is 6.00. The quantitative estimate of drug-likeness (QED) is 0.00925. The molecule has 2 bridgehead atoms. The van der Waals surface area contributed by atoms with Crippen LogP contribution in [0.4, 0.5) is 0 Å². The number of carbonyl (C=O) groups excluding carboxylic acids is 11.